The smallest absolute Gasteiger partial charge is 0.333 e. The van der Waals surface area contributed by atoms with Gasteiger partial charge in [-0.15, -0.1) is 11.6 Å². The first kappa shape index (κ1) is 29.5. The van der Waals surface area contributed by atoms with Gasteiger partial charge < -0.3 is 9.64 Å². The maximum absolute atomic E-state index is 11.8. The van der Waals surface area contributed by atoms with Crippen molar-refractivity contribution in [2.24, 2.45) is 0 Å². The number of hydrogen-bond acceptors (Lipinski definition) is 3. The van der Waals surface area contributed by atoms with Gasteiger partial charge in [0.05, 0.1) is 0 Å². The van der Waals surface area contributed by atoms with E-state index in [1.54, 1.807) is 0 Å². The van der Waals surface area contributed by atoms with Crippen LogP contribution in [0.1, 0.15) is 116 Å². The second kappa shape index (κ2) is 23.1. The monoisotopic (exact) mass is 443 g/mol. The fourth-order valence-corrected chi connectivity index (χ4v) is 3.80. The molecule has 0 saturated carbocycles. The standard InChI is InChI=1S/C26H50ClNO2/c1-25(26(29)30-24-23-28(2)3)21-19-17-15-13-11-9-7-5-4-6-8-10-12-14-16-18-20-22-27/h1,4-24H2,2-3H3. The zero-order valence-electron chi connectivity index (χ0n) is 20.2. The third-order valence-electron chi connectivity index (χ3n) is 5.67. The van der Waals surface area contributed by atoms with E-state index in [-0.39, 0.29) is 5.97 Å². The van der Waals surface area contributed by atoms with Gasteiger partial charge in [-0.05, 0) is 33.4 Å². The third kappa shape index (κ3) is 22.2. The van der Waals surface area contributed by atoms with Crippen molar-refractivity contribution in [1.82, 2.24) is 4.90 Å². The van der Waals surface area contributed by atoms with E-state index in [0.29, 0.717) is 12.2 Å². The SMILES string of the molecule is C=C(CCCCCCCCCCCCCCCCCCCCl)C(=O)OCCN(C)C. The molecule has 0 atom stereocenters. The normalized spacial score (nSPS) is 11.2. The first-order chi connectivity index (χ1) is 14.6. The van der Waals surface area contributed by atoms with Crippen LogP contribution in [0.5, 0.6) is 0 Å². The van der Waals surface area contributed by atoms with Crippen LogP contribution in [-0.2, 0) is 9.53 Å². The predicted molar refractivity (Wildman–Crippen MR) is 132 cm³/mol. The molecule has 4 heteroatoms. The summed E-state index contributed by atoms with van der Waals surface area (Å²) in [6.45, 7) is 5.08. The van der Waals surface area contributed by atoms with Gasteiger partial charge >= 0.3 is 5.97 Å². The van der Waals surface area contributed by atoms with Crippen molar-refractivity contribution in [3.63, 3.8) is 0 Å². The van der Waals surface area contributed by atoms with Crippen LogP contribution in [0.3, 0.4) is 0 Å². The van der Waals surface area contributed by atoms with Gasteiger partial charge in [-0.3, -0.25) is 0 Å². The van der Waals surface area contributed by atoms with E-state index in [4.69, 9.17) is 16.3 Å². The Bertz CT molecular complexity index is 398. The van der Waals surface area contributed by atoms with Gasteiger partial charge in [-0.1, -0.05) is 103 Å². The quantitative estimate of drug-likeness (QED) is 0.0695. The number of carbonyl (C=O) groups is 1. The molecule has 0 aromatic carbocycles. The fraction of sp³-hybridized carbons (Fsp3) is 0.885. The van der Waals surface area contributed by atoms with Gasteiger partial charge in [0, 0.05) is 18.0 Å². The average molecular weight is 444 g/mol. The molecule has 0 N–H and O–H groups in total. The lowest BCUT2D eigenvalue weighted by Gasteiger charge is -2.11. The molecule has 0 amide bonds. The summed E-state index contributed by atoms with van der Waals surface area (Å²) in [6.07, 6.45) is 23.5. The highest BCUT2D eigenvalue weighted by atomic mass is 35.5. The molecule has 0 aromatic heterocycles. The van der Waals surface area contributed by atoms with E-state index in [2.05, 4.69) is 6.58 Å². The summed E-state index contributed by atoms with van der Waals surface area (Å²) in [7, 11) is 3.94. The third-order valence-corrected chi connectivity index (χ3v) is 5.94. The maximum atomic E-state index is 11.8. The molecule has 0 unspecified atom stereocenters. The lowest BCUT2D eigenvalue weighted by molar-refractivity contribution is -0.139. The number of likely N-dealkylation sites (N-methyl/N-ethyl adjacent to an activating group) is 1. The minimum Gasteiger partial charge on any atom is -0.461 e. The molecule has 0 aliphatic rings. The second-order valence-electron chi connectivity index (χ2n) is 8.99. The summed E-state index contributed by atoms with van der Waals surface area (Å²) in [5.41, 5.74) is 0.625. The Morgan fingerprint density at radius 2 is 1.07 bits per heavy atom. The zero-order valence-corrected chi connectivity index (χ0v) is 21.0. The number of rotatable bonds is 23. The van der Waals surface area contributed by atoms with Gasteiger partial charge in [0.25, 0.3) is 0 Å². The molecule has 0 aliphatic carbocycles. The number of halogens is 1. The molecule has 3 nitrogen and oxygen atoms in total. The zero-order chi connectivity index (χ0) is 22.3. The second-order valence-corrected chi connectivity index (χ2v) is 9.37. The van der Waals surface area contributed by atoms with E-state index in [9.17, 15) is 4.79 Å². The largest absolute Gasteiger partial charge is 0.461 e. The molecule has 0 heterocycles. The molecule has 0 aromatic rings. The van der Waals surface area contributed by atoms with Gasteiger partial charge in [0.1, 0.15) is 6.61 Å². The van der Waals surface area contributed by atoms with Crippen LogP contribution in [0.15, 0.2) is 12.2 Å². The first-order valence-corrected chi connectivity index (χ1v) is 13.2. The topological polar surface area (TPSA) is 29.5 Å². The van der Waals surface area contributed by atoms with E-state index in [1.165, 1.54) is 103 Å². The van der Waals surface area contributed by atoms with E-state index >= 15 is 0 Å². The molecule has 0 aliphatic heterocycles. The molecule has 0 saturated heterocycles. The van der Waals surface area contributed by atoms with Gasteiger partial charge in [-0.25, -0.2) is 4.79 Å². The molecule has 30 heavy (non-hydrogen) atoms. The number of ether oxygens (including phenoxy) is 1. The Kier molecular flexibility index (Phi) is 22.7. The van der Waals surface area contributed by atoms with Crippen molar-refractivity contribution in [2.45, 2.75) is 116 Å². The number of alkyl halides is 1. The molecule has 0 fully saturated rings. The van der Waals surface area contributed by atoms with Crippen LogP contribution >= 0.6 is 11.6 Å². The lowest BCUT2D eigenvalue weighted by atomic mass is 10.0. The summed E-state index contributed by atoms with van der Waals surface area (Å²) in [4.78, 5) is 13.8. The molecule has 0 spiro atoms. The number of hydrogen-bond donors (Lipinski definition) is 0. The minimum absolute atomic E-state index is 0.223. The molecular weight excluding hydrogens is 394 g/mol. The van der Waals surface area contributed by atoms with Crippen molar-refractivity contribution in [3.05, 3.63) is 12.2 Å². The summed E-state index contributed by atoms with van der Waals surface area (Å²) >= 11 is 5.69. The van der Waals surface area contributed by atoms with Crippen LogP contribution in [0.25, 0.3) is 0 Å². The summed E-state index contributed by atoms with van der Waals surface area (Å²) in [6, 6.07) is 0. The first-order valence-electron chi connectivity index (χ1n) is 12.6. The van der Waals surface area contributed by atoms with Crippen molar-refractivity contribution in [3.8, 4) is 0 Å². The van der Waals surface area contributed by atoms with Crippen molar-refractivity contribution >= 4 is 17.6 Å². The van der Waals surface area contributed by atoms with E-state index in [1.807, 2.05) is 19.0 Å². The summed E-state index contributed by atoms with van der Waals surface area (Å²) in [5.74, 6) is 0.602. The van der Waals surface area contributed by atoms with Crippen LogP contribution in [0, 0.1) is 0 Å². The van der Waals surface area contributed by atoms with Crippen LogP contribution < -0.4 is 0 Å². The van der Waals surface area contributed by atoms with Gasteiger partial charge in [-0.2, -0.15) is 0 Å². The fourth-order valence-electron chi connectivity index (χ4n) is 3.61. The molecule has 0 bridgehead atoms. The number of carbonyl (C=O) groups excluding carboxylic acids is 1. The Morgan fingerprint density at radius 3 is 1.43 bits per heavy atom. The lowest BCUT2D eigenvalue weighted by Crippen LogP contribution is -2.20. The molecule has 0 rings (SSSR count). The van der Waals surface area contributed by atoms with E-state index in [0.717, 1.165) is 25.3 Å². The summed E-state index contributed by atoms with van der Waals surface area (Å²) < 4.78 is 5.22. The molecular formula is C26H50ClNO2. The number of unbranched alkanes of at least 4 members (excludes halogenated alkanes) is 16. The highest BCUT2D eigenvalue weighted by Crippen LogP contribution is 2.15. The Labute approximate surface area is 193 Å². The highest BCUT2D eigenvalue weighted by molar-refractivity contribution is 6.17. The van der Waals surface area contributed by atoms with Crippen molar-refractivity contribution in [2.75, 3.05) is 33.1 Å². The number of nitrogens with zero attached hydrogens (tertiary/aromatic N) is 1. The minimum atomic E-state index is -0.223. The Balaban J connectivity index is 3.22. The van der Waals surface area contributed by atoms with Gasteiger partial charge in [0.2, 0.25) is 0 Å². The molecule has 178 valence electrons. The Hall–Kier alpha value is -0.540. The van der Waals surface area contributed by atoms with E-state index < -0.39 is 0 Å². The number of esters is 1. The van der Waals surface area contributed by atoms with Gasteiger partial charge in [0.15, 0.2) is 0 Å². The Morgan fingerprint density at radius 1 is 0.700 bits per heavy atom. The highest BCUT2D eigenvalue weighted by Gasteiger charge is 2.08. The molecule has 0 radical (unpaired) electrons. The van der Waals surface area contributed by atoms with Crippen LogP contribution in [0.4, 0.5) is 0 Å². The van der Waals surface area contributed by atoms with Crippen LogP contribution in [-0.4, -0.2) is 44.0 Å². The maximum Gasteiger partial charge on any atom is 0.333 e. The van der Waals surface area contributed by atoms with Crippen molar-refractivity contribution < 1.29 is 9.53 Å². The summed E-state index contributed by atoms with van der Waals surface area (Å²) in [5, 5.41) is 0. The van der Waals surface area contributed by atoms with Crippen molar-refractivity contribution in [1.29, 1.82) is 0 Å². The predicted octanol–water partition coefficient (Wildman–Crippen LogP) is 7.91. The average Bonchev–Trinajstić information content (AvgIpc) is 2.72. The van der Waals surface area contributed by atoms with Crippen LogP contribution in [0.2, 0.25) is 0 Å².